The van der Waals surface area contributed by atoms with Crippen LogP contribution in [0, 0.1) is 13.8 Å². The molecule has 1 heterocycles. The van der Waals surface area contributed by atoms with E-state index in [1.165, 1.54) is 18.2 Å². The van der Waals surface area contributed by atoms with E-state index in [1.807, 2.05) is 31.2 Å². The van der Waals surface area contributed by atoms with Crippen LogP contribution in [0.3, 0.4) is 0 Å². The van der Waals surface area contributed by atoms with Crippen molar-refractivity contribution >= 4 is 44.8 Å². The van der Waals surface area contributed by atoms with Gasteiger partial charge in [-0.3, -0.25) is 10.1 Å². The molecule has 9 heteroatoms. The average molecular weight is 456 g/mol. The predicted molar refractivity (Wildman–Crippen MR) is 123 cm³/mol. The lowest BCUT2D eigenvalue weighted by atomic mass is 10.1. The molecule has 0 aliphatic heterocycles. The van der Waals surface area contributed by atoms with Crippen molar-refractivity contribution in [1.82, 2.24) is 10.5 Å². The number of hydrogen-bond acceptors (Lipinski definition) is 6. The molecular weight excluding hydrogens is 434 g/mol. The van der Waals surface area contributed by atoms with Crippen LogP contribution in [0.15, 0.2) is 70.1 Å². The Hall–Kier alpha value is -3.30. The van der Waals surface area contributed by atoms with Crippen molar-refractivity contribution in [3.8, 4) is 0 Å². The molecule has 0 radical (unpaired) electrons. The lowest BCUT2D eigenvalue weighted by molar-refractivity contribution is -0.115. The number of anilines is 1. The Morgan fingerprint density at radius 3 is 2.39 bits per heavy atom. The third kappa shape index (κ3) is 6.59. The largest absolute Gasteiger partial charge is 0.361 e. The van der Waals surface area contributed by atoms with E-state index in [0.29, 0.717) is 17.1 Å². The highest BCUT2D eigenvalue weighted by Crippen LogP contribution is 2.19. The van der Waals surface area contributed by atoms with Gasteiger partial charge in [0.25, 0.3) is 0 Å². The van der Waals surface area contributed by atoms with Gasteiger partial charge >= 0.3 is 0 Å². The van der Waals surface area contributed by atoms with E-state index in [9.17, 15) is 13.2 Å². The third-order valence-corrected chi connectivity index (χ3v) is 6.10. The molecule has 2 N–H and O–H groups in total. The molecule has 0 aliphatic carbocycles. The summed E-state index contributed by atoms with van der Waals surface area (Å²) in [6.45, 7) is 3.69. The molecule has 3 rings (SSSR count). The first-order chi connectivity index (χ1) is 14.7. The normalized spacial score (nSPS) is 11.4. The number of sulfone groups is 1. The molecular formula is C22H21N3O4S2. The Morgan fingerprint density at radius 2 is 1.77 bits per heavy atom. The summed E-state index contributed by atoms with van der Waals surface area (Å²) in [7, 11) is -3.56. The van der Waals surface area contributed by atoms with E-state index >= 15 is 0 Å². The second-order valence-electron chi connectivity index (χ2n) is 6.90. The van der Waals surface area contributed by atoms with Crippen LogP contribution in [0.1, 0.15) is 22.6 Å². The number of amides is 1. The standard InChI is InChI=1S/C22H21N3O4S2/c1-15-3-5-17(6-4-15)7-12-21(26)24-22(30)23-18-8-10-20(11-9-18)31(27,28)14-19-13-16(2)29-25-19/h3-13H,14H2,1-2H3,(H2,23,24,26,30)/b12-7+. The van der Waals surface area contributed by atoms with Crippen LogP contribution in [-0.4, -0.2) is 24.6 Å². The van der Waals surface area contributed by atoms with Crippen molar-refractivity contribution in [2.45, 2.75) is 24.5 Å². The summed E-state index contributed by atoms with van der Waals surface area (Å²) in [5.41, 5.74) is 2.93. The molecule has 0 saturated carbocycles. The summed E-state index contributed by atoms with van der Waals surface area (Å²) in [6.07, 6.45) is 3.08. The minimum Gasteiger partial charge on any atom is -0.361 e. The van der Waals surface area contributed by atoms with Crippen LogP contribution in [0.5, 0.6) is 0 Å². The van der Waals surface area contributed by atoms with Crippen molar-refractivity contribution < 1.29 is 17.7 Å². The molecule has 0 aliphatic rings. The van der Waals surface area contributed by atoms with Crippen molar-refractivity contribution in [3.63, 3.8) is 0 Å². The second kappa shape index (κ2) is 9.67. The highest BCUT2D eigenvalue weighted by molar-refractivity contribution is 7.90. The summed E-state index contributed by atoms with van der Waals surface area (Å²) in [5, 5.41) is 9.22. The number of thiocarbonyl (C=S) groups is 1. The third-order valence-electron chi connectivity index (χ3n) is 4.23. The van der Waals surface area contributed by atoms with Gasteiger partial charge in [-0.2, -0.15) is 0 Å². The molecule has 0 unspecified atom stereocenters. The molecule has 0 spiro atoms. The van der Waals surface area contributed by atoms with Crippen LogP contribution in [0.2, 0.25) is 0 Å². The van der Waals surface area contributed by atoms with Gasteiger partial charge in [0.15, 0.2) is 14.9 Å². The Labute approximate surface area is 186 Å². The van der Waals surface area contributed by atoms with E-state index in [2.05, 4.69) is 15.8 Å². The number of aryl methyl sites for hydroxylation is 2. The van der Waals surface area contributed by atoms with Crippen LogP contribution in [-0.2, 0) is 20.4 Å². The fourth-order valence-corrected chi connectivity index (χ4v) is 4.14. The van der Waals surface area contributed by atoms with Gasteiger partial charge in [0.05, 0.1) is 10.6 Å². The van der Waals surface area contributed by atoms with E-state index in [1.54, 1.807) is 31.2 Å². The maximum Gasteiger partial charge on any atom is 0.250 e. The van der Waals surface area contributed by atoms with Crippen LogP contribution < -0.4 is 10.6 Å². The molecule has 31 heavy (non-hydrogen) atoms. The monoisotopic (exact) mass is 455 g/mol. The number of benzene rings is 2. The number of nitrogens with zero attached hydrogens (tertiary/aromatic N) is 1. The number of carbonyl (C=O) groups is 1. The first-order valence-corrected chi connectivity index (χ1v) is 11.4. The molecule has 0 fully saturated rings. The van der Waals surface area contributed by atoms with Crippen LogP contribution in [0.4, 0.5) is 5.69 Å². The van der Waals surface area contributed by atoms with Gasteiger partial charge in [-0.15, -0.1) is 0 Å². The lowest BCUT2D eigenvalue weighted by Gasteiger charge is -2.09. The number of hydrogen-bond donors (Lipinski definition) is 2. The first kappa shape index (κ1) is 22.4. The van der Waals surface area contributed by atoms with Gasteiger partial charge in [0, 0.05) is 17.8 Å². The molecule has 7 nitrogen and oxygen atoms in total. The van der Waals surface area contributed by atoms with Gasteiger partial charge in [0.1, 0.15) is 11.5 Å². The number of aromatic nitrogens is 1. The molecule has 2 aromatic carbocycles. The zero-order valence-corrected chi connectivity index (χ0v) is 18.6. The molecule has 160 valence electrons. The van der Waals surface area contributed by atoms with Crippen molar-refractivity contribution in [2.24, 2.45) is 0 Å². The zero-order chi connectivity index (χ0) is 22.4. The average Bonchev–Trinajstić information content (AvgIpc) is 3.11. The summed E-state index contributed by atoms with van der Waals surface area (Å²) >= 11 is 5.14. The molecule has 0 atom stereocenters. The minimum atomic E-state index is -3.56. The summed E-state index contributed by atoms with van der Waals surface area (Å²) in [6, 6.07) is 15.4. The fourth-order valence-electron chi connectivity index (χ4n) is 2.67. The van der Waals surface area contributed by atoms with E-state index < -0.39 is 9.84 Å². The fraction of sp³-hybridized carbons (Fsp3) is 0.136. The highest BCUT2D eigenvalue weighted by Gasteiger charge is 2.17. The molecule has 1 aromatic heterocycles. The number of carbonyl (C=O) groups excluding carboxylic acids is 1. The molecule has 1 amide bonds. The summed E-state index contributed by atoms with van der Waals surface area (Å²) in [5.74, 6) is -0.0759. The number of rotatable bonds is 6. The van der Waals surface area contributed by atoms with Crippen LogP contribution in [0.25, 0.3) is 6.08 Å². The van der Waals surface area contributed by atoms with Gasteiger partial charge in [0.2, 0.25) is 5.91 Å². The Bertz CT molecular complexity index is 1210. The summed E-state index contributed by atoms with van der Waals surface area (Å²) in [4.78, 5) is 12.2. The Kier molecular flexibility index (Phi) is 6.98. The minimum absolute atomic E-state index is 0.104. The first-order valence-electron chi connectivity index (χ1n) is 9.33. The lowest BCUT2D eigenvalue weighted by Crippen LogP contribution is -2.32. The van der Waals surface area contributed by atoms with Crippen LogP contribution >= 0.6 is 12.2 Å². The van der Waals surface area contributed by atoms with Crippen molar-refractivity contribution in [3.05, 3.63) is 83.3 Å². The van der Waals surface area contributed by atoms with E-state index in [0.717, 1.165) is 11.1 Å². The van der Waals surface area contributed by atoms with Gasteiger partial charge in [-0.05, 0) is 62.0 Å². The second-order valence-corrected chi connectivity index (χ2v) is 9.30. The maximum atomic E-state index is 12.5. The highest BCUT2D eigenvalue weighted by atomic mass is 32.2. The van der Waals surface area contributed by atoms with Gasteiger partial charge < -0.3 is 9.84 Å². The topological polar surface area (TPSA) is 101 Å². The van der Waals surface area contributed by atoms with Crippen molar-refractivity contribution in [2.75, 3.05) is 5.32 Å². The SMILES string of the molecule is Cc1ccc(/C=C/C(=O)NC(=S)Nc2ccc(S(=O)(=O)Cc3cc(C)on3)cc2)cc1. The number of nitrogens with one attached hydrogen (secondary N) is 2. The van der Waals surface area contributed by atoms with E-state index in [4.69, 9.17) is 16.7 Å². The Balaban J connectivity index is 1.55. The predicted octanol–water partition coefficient (Wildman–Crippen LogP) is 3.79. The maximum absolute atomic E-state index is 12.5. The smallest absolute Gasteiger partial charge is 0.250 e. The quantitative estimate of drug-likeness (QED) is 0.431. The summed E-state index contributed by atoms with van der Waals surface area (Å²) < 4.78 is 29.9. The van der Waals surface area contributed by atoms with Crippen molar-refractivity contribution in [1.29, 1.82) is 0 Å². The zero-order valence-electron chi connectivity index (χ0n) is 17.0. The molecule has 3 aromatic rings. The molecule has 0 bridgehead atoms. The van der Waals surface area contributed by atoms with E-state index in [-0.39, 0.29) is 21.7 Å². The Morgan fingerprint density at radius 1 is 1.10 bits per heavy atom. The van der Waals surface area contributed by atoms with Gasteiger partial charge in [-0.25, -0.2) is 8.42 Å². The van der Waals surface area contributed by atoms with Gasteiger partial charge in [-0.1, -0.05) is 35.0 Å². The molecule has 0 saturated heterocycles.